The topological polar surface area (TPSA) is 94.0 Å². The van der Waals surface area contributed by atoms with Crippen LogP contribution in [0, 0.1) is 29.1 Å². The summed E-state index contributed by atoms with van der Waals surface area (Å²) in [6, 6.07) is 1.14. The van der Waals surface area contributed by atoms with Gasteiger partial charge in [-0.25, -0.2) is 4.79 Å². The van der Waals surface area contributed by atoms with Crippen molar-refractivity contribution in [1.82, 2.24) is 16.0 Å². The maximum Gasteiger partial charge on any atom is 0.315 e. The molecule has 1 atom stereocenters. The van der Waals surface area contributed by atoms with E-state index in [1.165, 1.54) is 19.3 Å². The Balaban J connectivity index is 1.49. The number of nitriles is 1. The molecule has 4 bridgehead atoms. The van der Waals surface area contributed by atoms with Crippen molar-refractivity contribution in [3.8, 4) is 6.07 Å². The summed E-state index contributed by atoms with van der Waals surface area (Å²) < 4.78 is 0. The number of carbonyl (C=O) groups excluding carboxylic acids is 2. The summed E-state index contributed by atoms with van der Waals surface area (Å²) in [7, 11) is 0. The number of hydrogen-bond acceptors (Lipinski definition) is 3. The SMILES string of the molecule is CC(NC(=O)NC12CC3CC(CC(C3)C1)C2)C(=O)NCCC#N. The van der Waals surface area contributed by atoms with E-state index in [1.54, 1.807) is 6.92 Å². The van der Waals surface area contributed by atoms with Gasteiger partial charge in [0.05, 0.1) is 12.5 Å². The Hall–Kier alpha value is -1.77. The molecule has 3 amide bonds. The predicted octanol–water partition coefficient (Wildman–Crippen LogP) is 1.67. The fraction of sp³-hybridized carbons (Fsp3) is 0.824. The van der Waals surface area contributed by atoms with E-state index >= 15 is 0 Å². The normalized spacial score (nSPS) is 35.2. The molecule has 0 saturated heterocycles. The Bertz CT molecular complexity index is 490. The van der Waals surface area contributed by atoms with Gasteiger partial charge in [-0.3, -0.25) is 4.79 Å². The minimum absolute atomic E-state index is 0.0458. The molecule has 4 rings (SSSR count). The first-order valence-electron chi connectivity index (χ1n) is 8.73. The minimum Gasteiger partial charge on any atom is -0.353 e. The van der Waals surface area contributed by atoms with Crippen LogP contribution in [0.1, 0.15) is 51.9 Å². The standard InChI is InChI=1S/C17H26N4O2/c1-11(15(22)19-4-2-3-18)20-16(23)21-17-8-12-5-13(9-17)7-14(6-12)10-17/h11-14H,2,4-10H2,1H3,(H,19,22)(H2,20,21,23). The van der Waals surface area contributed by atoms with Crippen molar-refractivity contribution in [1.29, 1.82) is 5.26 Å². The van der Waals surface area contributed by atoms with Crippen LogP contribution in [-0.2, 0) is 4.79 Å². The van der Waals surface area contributed by atoms with Crippen molar-refractivity contribution < 1.29 is 9.59 Å². The number of nitrogens with one attached hydrogen (secondary N) is 3. The van der Waals surface area contributed by atoms with E-state index in [0.29, 0.717) is 6.54 Å². The van der Waals surface area contributed by atoms with Crippen LogP contribution < -0.4 is 16.0 Å². The second kappa shape index (κ2) is 6.38. The minimum atomic E-state index is -0.595. The summed E-state index contributed by atoms with van der Waals surface area (Å²) in [6.45, 7) is 1.99. The summed E-state index contributed by atoms with van der Waals surface area (Å²) in [6.07, 6.45) is 7.55. The fourth-order valence-electron chi connectivity index (χ4n) is 5.20. The molecule has 0 radical (unpaired) electrons. The van der Waals surface area contributed by atoms with Gasteiger partial charge >= 0.3 is 6.03 Å². The van der Waals surface area contributed by atoms with Crippen molar-refractivity contribution >= 4 is 11.9 Å². The molecule has 1 unspecified atom stereocenters. The van der Waals surface area contributed by atoms with Gasteiger partial charge in [0.25, 0.3) is 0 Å². The molecule has 4 saturated carbocycles. The van der Waals surface area contributed by atoms with Gasteiger partial charge in [0.2, 0.25) is 5.91 Å². The summed E-state index contributed by atoms with van der Waals surface area (Å²) in [5.41, 5.74) is -0.0458. The van der Waals surface area contributed by atoms with E-state index in [2.05, 4.69) is 16.0 Å². The zero-order valence-electron chi connectivity index (χ0n) is 13.7. The molecule has 4 fully saturated rings. The van der Waals surface area contributed by atoms with Gasteiger partial charge in [0.15, 0.2) is 0 Å². The lowest BCUT2D eigenvalue weighted by Gasteiger charge is -2.56. The quantitative estimate of drug-likeness (QED) is 0.673. The molecular weight excluding hydrogens is 292 g/mol. The van der Waals surface area contributed by atoms with Crippen LogP contribution in [0.15, 0.2) is 0 Å². The zero-order valence-corrected chi connectivity index (χ0v) is 13.7. The number of nitrogens with zero attached hydrogens (tertiary/aromatic N) is 1. The molecular formula is C17H26N4O2. The van der Waals surface area contributed by atoms with E-state index in [1.807, 2.05) is 6.07 Å². The first kappa shape index (κ1) is 16.1. The van der Waals surface area contributed by atoms with Gasteiger partial charge in [-0.2, -0.15) is 5.26 Å². The van der Waals surface area contributed by atoms with Crippen molar-refractivity contribution in [2.45, 2.75) is 63.5 Å². The molecule has 6 nitrogen and oxygen atoms in total. The van der Waals surface area contributed by atoms with Crippen LogP contribution in [0.4, 0.5) is 4.79 Å². The second-order valence-corrected chi connectivity index (χ2v) is 7.72. The van der Waals surface area contributed by atoms with E-state index in [9.17, 15) is 9.59 Å². The number of rotatable bonds is 5. The van der Waals surface area contributed by atoms with Crippen LogP contribution >= 0.6 is 0 Å². The van der Waals surface area contributed by atoms with Crippen LogP contribution in [0.3, 0.4) is 0 Å². The molecule has 4 aliphatic carbocycles. The molecule has 0 aromatic heterocycles. The first-order chi connectivity index (χ1) is 11.0. The molecule has 23 heavy (non-hydrogen) atoms. The van der Waals surface area contributed by atoms with E-state index in [0.717, 1.165) is 37.0 Å². The number of hydrogen-bond donors (Lipinski definition) is 3. The summed E-state index contributed by atoms with van der Waals surface area (Å²) >= 11 is 0. The third-order valence-electron chi connectivity index (χ3n) is 5.69. The second-order valence-electron chi connectivity index (χ2n) is 7.72. The number of carbonyl (C=O) groups is 2. The molecule has 0 aromatic carbocycles. The van der Waals surface area contributed by atoms with Crippen LogP contribution in [-0.4, -0.2) is 30.1 Å². The van der Waals surface area contributed by atoms with Crippen LogP contribution in [0.2, 0.25) is 0 Å². The highest BCUT2D eigenvalue weighted by Crippen LogP contribution is 2.55. The highest BCUT2D eigenvalue weighted by molar-refractivity contribution is 5.86. The Morgan fingerprint density at radius 1 is 1.17 bits per heavy atom. The first-order valence-corrected chi connectivity index (χ1v) is 8.73. The Morgan fingerprint density at radius 2 is 1.74 bits per heavy atom. The zero-order chi connectivity index (χ0) is 16.4. The smallest absolute Gasteiger partial charge is 0.315 e. The lowest BCUT2D eigenvalue weighted by atomic mass is 9.53. The van der Waals surface area contributed by atoms with Crippen molar-refractivity contribution in [2.75, 3.05) is 6.54 Å². The van der Waals surface area contributed by atoms with Gasteiger partial charge < -0.3 is 16.0 Å². The average Bonchev–Trinajstić information content (AvgIpc) is 2.44. The lowest BCUT2D eigenvalue weighted by molar-refractivity contribution is -0.122. The van der Waals surface area contributed by atoms with Crippen molar-refractivity contribution in [3.05, 3.63) is 0 Å². The van der Waals surface area contributed by atoms with Gasteiger partial charge in [-0.1, -0.05) is 0 Å². The van der Waals surface area contributed by atoms with Crippen LogP contribution in [0.25, 0.3) is 0 Å². The highest BCUT2D eigenvalue weighted by Gasteiger charge is 2.51. The fourth-order valence-corrected chi connectivity index (χ4v) is 5.20. The third kappa shape index (κ3) is 3.60. The molecule has 0 aliphatic heterocycles. The van der Waals surface area contributed by atoms with E-state index < -0.39 is 6.04 Å². The molecule has 4 aliphatic rings. The van der Waals surface area contributed by atoms with Crippen molar-refractivity contribution in [3.63, 3.8) is 0 Å². The van der Waals surface area contributed by atoms with Gasteiger partial charge in [0.1, 0.15) is 6.04 Å². The Labute approximate surface area is 137 Å². The average molecular weight is 318 g/mol. The molecule has 0 heterocycles. The lowest BCUT2D eigenvalue weighted by Crippen LogP contribution is -2.62. The molecule has 0 aromatic rings. The van der Waals surface area contributed by atoms with Crippen LogP contribution in [0.5, 0.6) is 0 Å². The Morgan fingerprint density at radius 3 is 2.26 bits per heavy atom. The van der Waals surface area contributed by atoms with Gasteiger partial charge in [0, 0.05) is 12.1 Å². The van der Waals surface area contributed by atoms with E-state index in [4.69, 9.17) is 5.26 Å². The number of urea groups is 1. The monoisotopic (exact) mass is 318 g/mol. The van der Waals surface area contributed by atoms with Gasteiger partial charge in [-0.15, -0.1) is 0 Å². The number of amides is 3. The van der Waals surface area contributed by atoms with Gasteiger partial charge in [-0.05, 0) is 63.2 Å². The summed E-state index contributed by atoms with van der Waals surface area (Å²) in [5, 5.41) is 17.0. The predicted molar refractivity (Wildman–Crippen MR) is 85.3 cm³/mol. The van der Waals surface area contributed by atoms with E-state index in [-0.39, 0.29) is 23.9 Å². The van der Waals surface area contributed by atoms with Crippen molar-refractivity contribution in [2.24, 2.45) is 17.8 Å². The third-order valence-corrected chi connectivity index (χ3v) is 5.69. The Kier molecular flexibility index (Phi) is 4.47. The highest BCUT2D eigenvalue weighted by atomic mass is 16.2. The molecule has 6 heteroatoms. The summed E-state index contributed by atoms with van der Waals surface area (Å²) in [5.74, 6) is 2.07. The largest absolute Gasteiger partial charge is 0.353 e. The maximum absolute atomic E-state index is 12.3. The molecule has 3 N–H and O–H groups in total. The molecule has 126 valence electrons. The summed E-state index contributed by atoms with van der Waals surface area (Å²) in [4.78, 5) is 24.2. The molecule has 0 spiro atoms. The maximum atomic E-state index is 12.3.